The Balaban J connectivity index is 1.52. The fourth-order valence-electron chi connectivity index (χ4n) is 2.66. The second-order valence-corrected chi connectivity index (χ2v) is 5.19. The molecule has 1 atom stereocenters. The molecule has 1 aliphatic heterocycles. The van der Waals surface area contributed by atoms with Crippen molar-refractivity contribution in [2.45, 2.75) is 25.4 Å². The Morgan fingerprint density at radius 3 is 3.19 bits per heavy atom. The van der Waals surface area contributed by atoms with Crippen LogP contribution >= 0.6 is 0 Å². The Labute approximate surface area is 123 Å². The molecular weight excluding hydrogens is 266 g/mol. The van der Waals surface area contributed by atoms with Gasteiger partial charge in [0.15, 0.2) is 0 Å². The summed E-state index contributed by atoms with van der Waals surface area (Å²) in [6, 6.07) is 8.14. The van der Waals surface area contributed by atoms with Gasteiger partial charge in [0, 0.05) is 32.4 Å². The molecule has 110 valence electrons. The van der Waals surface area contributed by atoms with E-state index in [4.69, 9.17) is 0 Å². The normalized spacial score (nSPS) is 17.2. The smallest absolute Gasteiger partial charge is 0.228 e. The van der Waals surface area contributed by atoms with E-state index in [1.165, 1.54) is 5.56 Å². The van der Waals surface area contributed by atoms with Crippen LogP contribution in [0.1, 0.15) is 23.5 Å². The largest absolute Gasteiger partial charge is 0.355 e. The zero-order valence-electron chi connectivity index (χ0n) is 11.8. The summed E-state index contributed by atoms with van der Waals surface area (Å²) >= 11 is 0. The summed E-state index contributed by atoms with van der Waals surface area (Å²) in [6.45, 7) is 2.95. The van der Waals surface area contributed by atoms with E-state index in [9.17, 15) is 4.79 Å². The Hall–Kier alpha value is -2.21. The molecule has 1 aromatic heterocycles. The number of amides is 1. The molecule has 2 heterocycles. The monoisotopic (exact) mass is 285 g/mol. The van der Waals surface area contributed by atoms with E-state index in [0.29, 0.717) is 13.1 Å². The van der Waals surface area contributed by atoms with E-state index >= 15 is 0 Å². The molecule has 0 saturated carbocycles. The molecule has 2 aromatic rings. The summed E-state index contributed by atoms with van der Waals surface area (Å²) in [5.41, 5.74) is 2.36. The Morgan fingerprint density at radius 2 is 2.33 bits per heavy atom. The van der Waals surface area contributed by atoms with Gasteiger partial charge in [-0.1, -0.05) is 29.5 Å². The van der Waals surface area contributed by atoms with Crippen molar-refractivity contribution in [2.24, 2.45) is 0 Å². The maximum atomic E-state index is 12.3. The number of fused-ring (bicyclic) bond motifs is 1. The molecule has 0 fully saturated rings. The van der Waals surface area contributed by atoms with Crippen LogP contribution in [0.5, 0.6) is 0 Å². The van der Waals surface area contributed by atoms with Gasteiger partial charge in [0.1, 0.15) is 0 Å². The highest BCUT2D eigenvalue weighted by Crippen LogP contribution is 2.23. The molecule has 0 aliphatic carbocycles. The van der Waals surface area contributed by atoms with Crippen molar-refractivity contribution >= 4 is 5.91 Å². The van der Waals surface area contributed by atoms with Crippen molar-refractivity contribution in [1.82, 2.24) is 25.6 Å². The number of aromatic nitrogens is 3. The molecule has 0 bridgehead atoms. The van der Waals surface area contributed by atoms with E-state index in [1.54, 1.807) is 10.9 Å². The van der Waals surface area contributed by atoms with Gasteiger partial charge in [-0.05, 0) is 17.5 Å². The number of rotatable bonds is 5. The van der Waals surface area contributed by atoms with Gasteiger partial charge in [-0.2, -0.15) is 0 Å². The maximum Gasteiger partial charge on any atom is 0.228 e. The second-order valence-electron chi connectivity index (χ2n) is 5.19. The molecule has 6 nitrogen and oxygen atoms in total. The minimum atomic E-state index is -0.0960. The lowest BCUT2D eigenvalue weighted by atomic mass is 9.90. The second kappa shape index (κ2) is 6.49. The summed E-state index contributed by atoms with van der Waals surface area (Å²) in [7, 11) is 0. The van der Waals surface area contributed by atoms with Crippen LogP contribution in [0.3, 0.4) is 0 Å². The van der Waals surface area contributed by atoms with Gasteiger partial charge in [0.2, 0.25) is 5.91 Å². The molecule has 0 saturated heterocycles. The molecule has 1 unspecified atom stereocenters. The number of nitrogens with zero attached hydrogens (tertiary/aromatic N) is 3. The standard InChI is InChI=1S/C15H19N5O/c21-15(17-6-3-8-20-9-7-18-19-20)14-11-16-10-12-4-1-2-5-13(12)14/h1-2,4-5,7,9,14,16H,3,6,8,10-11H2,(H,17,21). The minimum absolute atomic E-state index is 0.0910. The Kier molecular flexibility index (Phi) is 4.25. The van der Waals surface area contributed by atoms with Crippen LogP contribution in [-0.2, 0) is 17.9 Å². The minimum Gasteiger partial charge on any atom is -0.355 e. The molecule has 1 aliphatic rings. The summed E-state index contributed by atoms with van der Waals surface area (Å²) < 4.78 is 1.77. The molecule has 1 amide bonds. The van der Waals surface area contributed by atoms with Crippen LogP contribution < -0.4 is 10.6 Å². The van der Waals surface area contributed by atoms with Crippen molar-refractivity contribution < 1.29 is 4.79 Å². The zero-order chi connectivity index (χ0) is 14.5. The first-order chi connectivity index (χ1) is 10.3. The summed E-state index contributed by atoms with van der Waals surface area (Å²) in [5, 5.41) is 14.0. The molecule has 0 spiro atoms. The first-order valence-corrected chi connectivity index (χ1v) is 7.25. The van der Waals surface area contributed by atoms with Crippen LogP contribution in [0.25, 0.3) is 0 Å². The highest BCUT2D eigenvalue weighted by atomic mass is 16.1. The van der Waals surface area contributed by atoms with Gasteiger partial charge in [0.25, 0.3) is 0 Å². The Morgan fingerprint density at radius 1 is 1.43 bits per heavy atom. The third kappa shape index (κ3) is 3.28. The quantitative estimate of drug-likeness (QED) is 0.792. The van der Waals surface area contributed by atoms with Gasteiger partial charge in [-0.25, -0.2) is 0 Å². The molecular formula is C15H19N5O. The molecule has 2 N–H and O–H groups in total. The lowest BCUT2D eigenvalue weighted by Gasteiger charge is -2.25. The summed E-state index contributed by atoms with van der Waals surface area (Å²) in [5.74, 6) is -0.00504. The highest BCUT2D eigenvalue weighted by molar-refractivity contribution is 5.84. The highest BCUT2D eigenvalue weighted by Gasteiger charge is 2.25. The Bertz CT molecular complexity index is 596. The van der Waals surface area contributed by atoms with Crippen LogP contribution in [0.4, 0.5) is 0 Å². The van der Waals surface area contributed by atoms with Gasteiger partial charge in [-0.15, -0.1) is 5.10 Å². The average molecular weight is 285 g/mol. The number of carbonyl (C=O) groups is 1. The average Bonchev–Trinajstić information content (AvgIpc) is 3.04. The SMILES string of the molecule is O=C(NCCCn1ccnn1)C1CNCc2ccccc21. The summed E-state index contributed by atoms with van der Waals surface area (Å²) in [4.78, 5) is 12.3. The van der Waals surface area contributed by atoms with Crippen LogP contribution in [0.2, 0.25) is 0 Å². The lowest BCUT2D eigenvalue weighted by molar-refractivity contribution is -0.122. The van der Waals surface area contributed by atoms with E-state index in [1.807, 2.05) is 18.3 Å². The third-order valence-corrected chi connectivity index (χ3v) is 3.75. The molecule has 6 heteroatoms. The fraction of sp³-hybridized carbons (Fsp3) is 0.400. The van der Waals surface area contributed by atoms with Crippen molar-refractivity contribution in [3.63, 3.8) is 0 Å². The van der Waals surface area contributed by atoms with Gasteiger partial charge in [-0.3, -0.25) is 9.48 Å². The number of carbonyl (C=O) groups excluding carboxylic acids is 1. The van der Waals surface area contributed by atoms with E-state index in [2.05, 4.69) is 33.1 Å². The zero-order valence-corrected chi connectivity index (χ0v) is 11.8. The van der Waals surface area contributed by atoms with Crippen molar-refractivity contribution in [1.29, 1.82) is 0 Å². The first kappa shape index (κ1) is 13.8. The van der Waals surface area contributed by atoms with Crippen molar-refractivity contribution in [3.05, 3.63) is 47.8 Å². The predicted molar refractivity (Wildman–Crippen MR) is 78.5 cm³/mol. The maximum absolute atomic E-state index is 12.3. The lowest BCUT2D eigenvalue weighted by Crippen LogP contribution is -2.39. The molecule has 0 radical (unpaired) electrons. The van der Waals surface area contributed by atoms with E-state index in [0.717, 1.165) is 25.1 Å². The van der Waals surface area contributed by atoms with Crippen LogP contribution in [0, 0.1) is 0 Å². The number of aryl methyl sites for hydroxylation is 1. The van der Waals surface area contributed by atoms with Crippen molar-refractivity contribution in [2.75, 3.05) is 13.1 Å². The first-order valence-electron chi connectivity index (χ1n) is 7.25. The summed E-state index contributed by atoms with van der Waals surface area (Å²) in [6.07, 6.45) is 4.32. The van der Waals surface area contributed by atoms with Gasteiger partial charge in [0.05, 0.1) is 12.1 Å². The van der Waals surface area contributed by atoms with Crippen molar-refractivity contribution in [3.8, 4) is 0 Å². The fourth-order valence-corrected chi connectivity index (χ4v) is 2.66. The topological polar surface area (TPSA) is 71.8 Å². The molecule has 3 rings (SSSR count). The number of benzene rings is 1. The van der Waals surface area contributed by atoms with E-state index in [-0.39, 0.29) is 11.8 Å². The van der Waals surface area contributed by atoms with Gasteiger partial charge < -0.3 is 10.6 Å². The molecule has 21 heavy (non-hydrogen) atoms. The predicted octanol–water partition coefficient (Wildman–Crippen LogP) is 0.671. The number of nitrogens with one attached hydrogen (secondary N) is 2. The third-order valence-electron chi connectivity index (χ3n) is 3.75. The number of hydrogen-bond acceptors (Lipinski definition) is 4. The molecule has 1 aromatic carbocycles. The van der Waals surface area contributed by atoms with Crippen LogP contribution in [0.15, 0.2) is 36.7 Å². The van der Waals surface area contributed by atoms with Crippen LogP contribution in [-0.4, -0.2) is 34.0 Å². The number of hydrogen-bond donors (Lipinski definition) is 2. The van der Waals surface area contributed by atoms with Gasteiger partial charge >= 0.3 is 0 Å². The van der Waals surface area contributed by atoms with E-state index < -0.39 is 0 Å².